The second kappa shape index (κ2) is 12.6. The molecule has 10 nitrogen and oxygen atoms in total. The molecule has 0 aromatic heterocycles. The van der Waals surface area contributed by atoms with Gasteiger partial charge in [-0.3, -0.25) is 14.9 Å². The normalized spacial score (nSPS) is 10.8. The first-order valence-corrected chi connectivity index (χ1v) is 11.6. The van der Waals surface area contributed by atoms with E-state index >= 15 is 0 Å². The van der Waals surface area contributed by atoms with Crippen LogP contribution >= 0.6 is 23.2 Å². The van der Waals surface area contributed by atoms with Crippen LogP contribution in [0.4, 0.5) is 11.4 Å². The van der Waals surface area contributed by atoms with Gasteiger partial charge in [0.2, 0.25) is 0 Å². The van der Waals surface area contributed by atoms with Gasteiger partial charge in [0.25, 0.3) is 11.6 Å². The van der Waals surface area contributed by atoms with Crippen LogP contribution < -0.4 is 19.5 Å². The Balaban J connectivity index is 1.87. The first-order chi connectivity index (χ1) is 18.2. The van der Waals surface area contributed by atoms with E-state index in [2.05, 4.69) is 5.32 Å². The summed E-state index contributed by atoms with van der Waals surface area (Å²) < 4.78 is 16.1. The lowest BCUT2D eigenvalue weighted by Gasteiger charge is -2.14. The zero-order valence-corrected chi connectivity index (χ0v) is 21.5. The Morgan fingerprint density at radius 1 is 1.11 bits per heavy atom. The second-order valence-electron chi connectivity index (χ2n) is 7.43. The molecule has 194 valence electrons. The maximum atomic E-state index is 12.7. The van der Waals surface area contributed by atoms with Gasteiger partial charge in [-0.25, -0.2) is 4.79 Å². The van der Waals surface area contributed by atoms with Crippen LogP contribution in [0.25, 0.3) is 6.08 Å². The number of anilines is 1. The Labute approximate surface area is 227 Å². The zero-order chi connectivity index (χ0) is 27.8. The maximum Gasteiger partial charge on any atom is 0.343 e. The molecule has 3 aromatic rings. The van der Waals surface area contributed by atoms with E-state index in [1.807, 2.05) is 0 Å². The third-order valence-electron chi connectivity index (χ3n) is 4.94. The number of rotatable bonds is 9. The third kappa shape index (κ3) is 6.79. The molecule has 1 N–H and O–H groups in total. The molecular formula is C26H19Cl2N3O7. The van der Waals surface area contributed by atoms with Crippen molar-refractivity contribution in [1.29, 1.82) is 5.26 Å². The summed E-state index contributed by atoms with van der Waals surface area (Å²) in [6.07, 6.45) is 1.25. The van der Waals surface area contributed by atoms with Gasteiger partial charge in [0.05, 0.1) is 39.9 Å². The van der Waals surface area contributed by atoms with Crippen molar-refractivity contribution in [1.82, 2.24) is 0 Å². The van der Waals surface area contributed by atoms with Gasteiger partial charge in [-0.05, 0) is 61.0 Å². The lowest BCUT2D eigenvalue weighted by Crippen LogP contribution is -2.14. The lowest BCUT2D eigenvalue weighted by atomic mass is 10.1. The number of esters is 1. The number of hydrogen-bond donors (Lipinski definition) is 1. The summed E-state index contributed by atoms with van der Waals surface area (Å²) in [5, 5.41) is 22.8. The predicted octanol–water partition coefficient (Wildman–Crippen LogP) is 6.07. The average molecular weight is 556 g/mol. The third-order valence-corrected chi connectivity index (χ3v) is 5.53. The molecular weight excluding hydrogens is 537 g/mol. The Morgan fingerprint density at radius 2 is 1.82 bits per heavy atom. The predicted molar refractivity (Wildman–Crippen MR) is 141 cm³/mol. The molecule has 0 bridgehead atoms. The summed E-state index contributed by atoms with van der Waals surface area (Å²) in [7, 11) is 1.50. The summed E-state index contributed by atoms with van der Waals surface area (Å²) in [4.78, 5) is 35.6. The van der Waals surface area contributed by atoms with Crippen LogP contribution in [0.1, 0.15) is 22.8 Å². The molecule has 0 fully saturated rings. The Hall–Kier alpha value is -4.59. The summed E-state index contributed by atoms with van der Waals surface area (Å²) in [6, 6.07) is 14.4. The molecule has 0 unspecified atom stereocenters. The topological polar surface area (TPSA) is 141 Å². The van der Waals surface area contributed by atoms with Crippen LogP contribution in [0.5, 0.6) is 17.2 Å². The number of nitrogens with one attached hydrogen (secondary N) is 1. The number of methoxy groups -OCH3 is 1. The SMILES string of the molecule is CCOc1cc(/C=C(\C#N)C(=O)Nc2ccc([N+](=O)[O-])cc2Cl)cc(Cl)c1OC(=O)c1ccc(OC)cc1. The van der Waals surface area contributed by atoms with Gasteiger partial charge in [-0.2, -0.15) is 5.26 Å². The van der Waals surface area contributed by atoms with E-state index in [4.69, 9.17) is 37.4 Å². The number of ether oxygens (including phenoxy) is 3. The van der Waals surface area contributed by atoms with E-state index in [0.29, 0.717) is 11.3 Å². The van der Waals surface area contributed by atoms with Crippen LogP contribution in [0.15, 0.2) is 60.2 Å². The molecule has 0 heterocycles. The number of carbonyl (C=O) groups is 2. The van der Waals surface area contributed by atoms with Gasteiger partial charge in [-0.15, -0.1) is 0 Å². The fourth-order valence-electron chi connectivity index (χ4n) is 3.14. The Morgan fingerprint density at radius 3 is 2.39 bits per heavy atom. The number of amides is 1. The van der Waals surface area contributed by atoms with Gasteiger partial charge < -0.3 is 19.5 Å². The molecule has 0 aliphatic heterocycles. The average Bonchev–Trinajstić information content (AvgIpc) is 2.90. The van der Waals surface area contributed by atoms with E-state index in [1.165, 1.54) is 43.5 Å². The number of halogens is 2. The highest BCUT2D eigenvalue weighted by Gasteiger charge is 2.19. The molecule has 0 atom stereocenters. The van der Waals surface area contributed by atoms with E-state index in [1.54, 1.807) is 25.1 Å². The molecule has 12 heteroatoms. The van der Waals surface area contributed by atoms with Crippen molar-refractivity contribution >= 4 is 52.5 Å². The highest BCUT2D eigenvalue weighted by molar-refractivity contribution is 6.34. The first kappa shape index (κ1) is 28.0. The van der Waals surface area contributed by atoms with E-state index in [-0.39, 0.29) is 50.7 Å². The minimum atomic E-state index is -0.813. The van der Waals surface area contributed by atoms with Gasteiger partial charge >= 0.3 is 5.97 Å². The summed E-state index contributed by atoms with van der Waals surface area (Å²) in [6.45, 7) is 1.93. The molecule has 0 spiro atoms. The molecule has 0 aliphatic carbocycles. The number of benzene rings is 3. The van der Waals surface area contributed by atoms with Crippen LogP contribution in [-0.4, -0.2) is 30.5 Å². The van der Waals surface area contributed by atoms with E-state index in [9.17, 15) is 25.0 Å². The Kier molecular flexibility index (Phi) is 9.27. The van der Waals surface area contributed by atoms with Crippen molar-refractivity contribution in [3.63, 3.8) is 0 Å². The molecule has 3 rings (SSSR count). The zero-order valence-electron chi connectivity index (χ0n) is 20.0. The highest BCUT2D eigenvalue weighted by Crippen LogP contribution is 2.38. The monoisotopic (exact) mass is 555 g/mol. The van der Waals surface area contributed by atoms with Crippen LogP contribution in [0.3, 0.4) is 0 Å². The fourth-order valence-corrected chi connectivity index (χ4v) is 3.62. The minimum Gasteiger partial charge on any atom is -0.497 e. The van der Waals surface area contributed by atoms with Gasteiger partial charge in [-0.1, -0.05) is 23.2 Å². The number of nitriles is 1. The van der Waals surface area contributed by atoms with Gasteiger partial charge in [0.15, 0.2) is 11.5 Å². The van der Waals surface area contributed by atoms with Gasteiger partial charge in [0, 0.05) is 12.1 Å². The molecule has 3 aromatic carbocycles. The standard InChI is InChI=1S/C26H19Cl2N3O7/c1-3-37-23-12-15(11-21(28)24(23)38-26(33)16-4-7-19(36-2)8-5-16)10-17(14-29)25(32)30-22-9-6-18(31(34)35)13-20(22)27/h4-13H,3H2,1-2H3,(H,30,32)/b17-10+. The number of nitro groups is 1. The fraction of sp³-hybridized carbons (Fsp3) is 0.115. The minimum absolute atomic E-state index is 0.000160. The second-order valence-corrected chi connectivity index (χ2v) is 8.24. The first-order valence-electron chi connectivity index (χ1n) is 10.9. The number of hydrogen-bond acceptors (Lipinski definition) is 8. The molecule has 38 heavy (non-hydrogen) atoms. The van der Waals surface area contributed by atoms with Crippen molar-refractivity contribution in [2.24, 2.45) is 0 Å². The molecule has 1 amide bonds. The number of non-ortho nitro benzene ring substituents is 1. The van der Waals surface area contributed by atoms with Crippen molar-refractivity contribution in [2.75, 3.05) is 19.0 Å². The van der Waals surface area contributed by atoms with Crippen LogP contribution in [-0.2, 0) is 4.79 Å². The van der Waals surface area contributed by atoms with Crippen molar-refractivity contribution < 1.29 is 28.7 Å². The molecule has 0 saturated heterocycles. The van der Waals surface area contributed by atoms with Crippen LogP contribution in [0, 0.1) is 21.4 Å². The smallest absolute Gasteiger partial charge is 0.343 e. The van der Waals surface area contributed by atoms with Crippen molar-refractivity contribution in [2.45, 2.75) is 6.92 Å². The number of nitro benzene ring substituents is 1. The summed E-state index contributed by atoms with van der Waals surface area (Å²) in [5.41, 5.74) is 0.0684. The number of carbonyl (C=O) groups excluding carboxylic acids is 2. The molecule has 0 radical (unpaired) electrons. The number of nitrogens with zero attached hydrogens (tertiary/aromatic N) is 2. The van der Waals surface area contributed by atoms with E-state index in [0.717, 1.165) is 12.1 Å². The maximum absolute atomic E-state index is 12.7. The Bertz CT molecular complexity index is 1460. The summed E-state index contributed by atoms with van der Waals surface area (Å²) in [5.74, 6) is -0.849. The quantitative estimate of drug-likeness (QED) is 0.0836. The van der Waals surface area contributed by atoms with Crippen molar-refractivity contribution in [3.8, 4) is 23.3 Å². The van der Waals surface area contributed by atoms with Crippen LogP contribution in [0.2, 0.25) is 10.0 Å². The molecule has 0 aliphatic rings. The molecule has 0 saturated carbocycles. The van der Waals surface area contributed by atoms with Gasteiger partial charge in [0.1, 0.15) is 17.4 Å². The summed E-state index contributed by atoms with van der Waals surface area (Å²) >= 11 is 12.4. The van der Waals surface area contributed by atoms with Crippen molar-refractivity contribution in [3.05, 3.63) is 91.5 Å². The largest absolute Gasteiger partial charge is 0.497 e. The highest BCUT2D eigenvalue weighted by atomic mass is 35.5. The van der Waals surface area contributed by atoms with E-state index < -0.39 is 16.8 Å². The lowest BCUT2D eigenvalue weighted by molar-refractivity contribution is -0.384.